The Labute approximate surface area is 98.1 Å². The Balaban J connectivity index is 3.31. The minimum Gasteiger partial charge on any atom is -0.396 e. The molecule has 1 unspecified atom stereocenters. The first-order valence-corrected chi connectivity index (χ1v) is 5.93. The summed E-state index contributed by atoms with van der Waals surface area (Å²) in [6.07, 6.45) is 6.39. The van der Waals surface area contributed by atoms with Crippen LogP contribution in [-0.4, -0.2) is 37.3 Å². The Bertz CT molecular complexity index is 195. The van der Waals surface area contributed by atoms with Crippen molar-refractivity contribution in [2.45, 2.75) is 38.1 Å². The summed E-state index contributed by atoms with van der Waals surface area (Å²) in [7, 11) is 1.92. The summed E-state index contributed by atoms with van der Waals surface area (Å²) in [6, 6.07) is 0.410. The molecule has 3 N–H and O–H groups in total. The summed E-state index contributed by atoms with van der Waals surface area (Å²) in [5.74, 6) is -0.103. The Hall–Kier alpha value is -0.870. The van der Waals surface area contributed by atoms with Gasteiger partial charge in [0.15, 0.2) is 0 Å². The van der Waals surface area contributed by atoms with Crippen molar-refractivity contribution in [3.63, 3.8) is 0 Å². The zero-order chi connectivity index (χ0) is 12.2. The molecule has 0 aliphatic carbocycles. The summed E-state index contributed by atoms with van der Waals surface area (Å²) < 4.78 is 0. The third-order valence-electron chi connectivity index (χ3n) is 2.60. The van der Waals surface area contributed by atoms with Crippen molar-refractivity contribution < 1.29 is 9.90 Å². The number of hydrogen-bond acceptors (Lipinski definition) is 3. The van der Waals surface area contributed by atoms with E-state index in [9.17, 15) is 4.79 Å². The lowest BCUT2D eigenvalue weighted by Gasteiger charge is -2.14. The Morgan fingerprint density at radius 2 is 2.12 bits per heavy atom. The van der Waals surface area contributed by atoms with E-state index >= 15 is 0 Å². The smallest absolute Gasteiger partial charge is 0.243 e. The van der Waals surface area contributed by atoms with Crippen molar-refractivity contribution in [1.82, 2.24) is 10.6 Å². The number of hydrogen-bond donors (Lipinski definition) is 3. The Kier molecular flexibility index (Phi) is 10.1. The van der Waals surface area contributed by atoms with E-state index < -0.39 is 0 Å². The lowest BCUT2D eigenvalue weighted by Crippen LogP contribution is -2.26. The highest BCUT2D eigenvalue weighted by Crippen LogP contribution is 2.05. The van der Waals surface area contributed by atoms with Gasteiger partial charge in [0.2, 0.25) is 5.91 Å². The molecule has 0 aliphatic heterocycles. The van der Waals surface area contributed by atoms with Crippen LogP contribution < -0.4 is 10.6 Å². The molecular weight excluding hydrogens is 204 g/mol. The number of aliphatic hydroxyl groups is 1. The van der Waals surface area contributed by atoms with Crippen LogP contribution in [-0.2, 0) is 4.79 Å². The summed E-state index contributed by atoms with van der Waals surface area (Å²) in [6.45, 7) is 4.34. The van der Waals surface area contributed by atoms with Gasteiger partial charge < -0.3 is 15.7 Å². The van der Waals surface area contributed by atoms with Gasteiger partial charge in [-0.2, -0.15) is 0 Å². The van der Waals surface area contributed by atoms with E-state index in [1.54, 1.807) is 0 Å². The topological polar surface area (TPSA) is 61.4 Å². The van der Waals surface area contributed by atoms with Crippen molar-refractivity contribution in [3.05, 3.63) is 12.7 Å². The fourth-order valence-corrected chi connectivity index (χ4v) is 1.57. The van der Waals surface area contributed by atoms with Gasteiger partial charge in [0, 0.05) is 19.2 Å². The van der Waals surface area contributed by atoms with Gasteiger partial charge in [0.1, 0.15) is 0 Å². The maximum absolute atomic E-state index is 10.8. The number of aliphatic hydroxyl groups excluding tert-OH is 1. The maximum Gasteiger partial charge on any atom is 0.243 e. The third kappa shape index (κ3) is 8.44. The van der Waals surface area contributed by atoms with E-state index in [2.05, 4.69) is 17.2 Å². The van der Waals surface area contributed by atoms with Crippen molar-refractivity contribution >= 4 is 5.91 Å². The zero-order valence-corrected chi connectivity index (χ0v) is 10.2. The van der Waals surface area contributed by atoms with Crippen LogP contribution in [0.15, 0.2) is 12.7 Å². The fraction of sp³-hybridized carbons (Fsp3) is 0.750. The second kappa shape index (κ2) is 10.6. The molecule has 16 heavy (non-hydrogen) atoms. The summed E-state index contributed by atoms with van der Waals surface area (Å²) >= 11 is 0. The second-order valence-electron chi connectivity index (χ2n) is 3.84. The maximum atomic E-state index is 10.8. The molecule has 0 heterocycles. The van der Waals surface area contributed by atoms with Crippen molar-refractivity contribution in [1.29, 1.82) is 0 Å². The van der Waals surface area contributed by atoms with Crippen molar-refractivity contribution in [2.24, 2.45) is 0 Å². The highest BCUT2D eigenvalue weighted by atomic mass is 16.3. The van der Waals surface area contributed by atoms with Gasteiger partial charge in [-0.05, 0) is 32.4 Å². The molecule has 0 fully saturated rings. The van der Waals surface area contributed by atoms with Crippen LogP contribution in [0.3, 0.4) is 0 Å². The average molecular weight is 228 g/mol. The predicted molar refractivity (Wildman–Crippen MR) is 66.2 cm³/mol. The Morgan fingerprint density at radius 3 is 2.69 bits per heavy atom. The molecule has 0 saturated heterocycles. The van der Waals surface area contributed by atoms with Crippen LogP contribution in [0, 0.1) is 0 Å². The molecule has 1 amide bonds. The normalized spacial score (nSPS) is 12.1. The predicted octanol–water partition coefficient (Wildman–Crippen LogP) is 0.819. The first-order valence-electron chi connectivity index (χ1n) is 5.93. The van der Waals surface area contributed by atoms with Gasteiger partial charge in [-0.1, -0.05) is 19.4 Å². The lowest BCUT2D eigenvalue weighted by molar-refractivity contribution is -0.116. The highest BCUT2D eigenvalue weighted by molar-refractivity contribution is 5.86. The molecule has 0 bridgehead atoms. The molecule has 0 saturated carbocycles. The summed E-state index contributed by atoms with van der Waals surface area (Å²) in [5, 5.41) is 14.7. The number of carbonyl (C=O) groups excluding carboxylic acids is 1. The van der Waals surface area contributed by atoms with Crippen LogP contribution in [0.25, 0.3) is 0 Å². The second-order valence-corrected chi connectivity index (χ2v) is 3.84. The quantitative estimate of drug-likeness (QED) is 0.383. The standard InChI is InChI=1S/C12H24N2O2/c1-3-12(16)14-9-6-4-5-7-11(13-2)8-10-15/h3,11,13,15H,1,4-10H2,2H3,(H,14,16). The molecule has 0 rings (SSSR count). The molecule has 1 atom stereocenters. The van der Waals surface area contributed by atoms with E-state index in [1.165, 1.54) is 6.08 Å². The number of carbonyl (C=O) groups is 1. The van der Waals surface area contributed by atoms with E-state index in [4.69, 9.17) is 5.11 Å². The molecule has 0 spiro atoms. The molecule has 0 radical (unpaired) electrons. The number of unbranched alkanes of at least 4 members (excludes halogenated alkanes) is 2. The molecular formula is C12H24N2O2. The van der Waals surface area contributed by atoms with Crippen LogP contribution in [0.2, 0.25) is 0 Å². The number of amides is 1. The largest absolute Gasteiger partial charge is 0.396 e. The van der Waals surface area contributed by atoms with E-state index in [0.717, 1.165) is 38.6 Å². The minimum absolute atomic E-state index is 0.103. The molecule has 0 aromatic rings. The monoisotopic (exact) mass is 228 g/mol. The van der Waals surface area contributed by atoms with E-state index in [0.29, 0.717) is 6.04 Å². The number of rotatable bonds is 10. The molecule has 4 heteroatoms. The van der Waals surface area contributed by atoms with Gasteiger partial charge in [-0.15, -0.1) is 0 Å². The molecule has 94 valence electrons. The van der Waals surface area contributed by atoms with Crippen LogP contribution in [0.4, 0.5) is 0 Å². The zero-order valence-electron chi connectivity index (χ0n) is 10.2. The number of nitrogens with one attached hydrogen (secondary N) is 2. The SMILES string of the molecule is C=CC(=O)NCCCCCC(CCO)NC. The van der Waals surface area contributed by atoms with Gasteiger partial charge >= 0.3 is 0 Å². The minimum atomic E-state index is -0.103. The first kappa shape index (κ1) is 15.1. The van der Waals surface area contributed by atoms with Crippen molar-refractivity contribution in [3.8, 4) is 0 Å². The van der Waals surface area contributed by atoms with Crippen LogP contribution in [0.5, 0.6) is 0 Å². The molecule has 4 nitrogen and oxygen atoms in total. The summed E-state index contributed by atoms with van der Waals surface area (Å²) in [4.78, 5) is 10.8. The lowest BCUT2D eigenvalue weighted by atomic mass is 10.1. The van der Waals surface area contributed by atoms with Gasteiger partial charge in [0.05, 0.1) is 0 Å². The fourth-order valence-electron chi connectivity index (χ4n) is 1.57. The molecule has 0 aromatic carbocycles. The molecule has 0 aliphatic rings. The van der Waals surface area contributed by atoms with Crippen molar-refractivity contribution in [2.75, 3.05) is 20.2 Å². The van der Waals surface area contributed by atoms with Gasteiger partial charge in [-0.25, -0.2) is 0 Å². The van der Waals surface area contributed by atoms with Gasteiger partial charge in [0.25, 0.3) is 0 Å². The van der Waals surface area contributed by atoms with E-state index in [-0.39, 0.29) is 12.5 Å². The van der Waals surface area contributed by atoms with Crippen LogP contribution >= 0.6 is 0 Å². The van der Waals surface area contributed by atoms with Crippen LogP contribution in [0.1, 0.15) is 32.1 Å². The molecule has 0 aromatic heterocycles. The third-order valence-corrected chi connectivity index (χ3v) is 2.60. The van der Waals surface area contributed by atoms with E-state index in [1.807, 2.05) is 7.05 Å². The average Bonchev–Trinajstić information content (AvgIpc) is 2.31. The summed E-state index contributed by atoms with van der Waals surface area (Å²) in [5.41, 5.74) is 0. The first-order chi connectivity index (χ1) is 7.74. The highest BCUT2D eigenvalue weighted by Gasteiger charge is 2.04. The van der Waals surface area contributed by atoms with Gasteiger partial charge in [-0.3, -0.25) is 4.79 Å². The Morgan fingerprint density at radius 1 is 1.38 bits per heavy atom.